The molecule has 0 atom stereocenters. The number of benzene rings is 2. The van der Waals surface area contributed by atoms with Gasteiger partial charge in [-0.1, -0.05) is 61.7 Å². The van der Waals surface area contributed by atoms with Crippen LogP contribution in [0.25, 0.3) is 11.1 Å². The summed E-state index contributed by atoms with van der Waals surface area (Å²) in [6.07, 6.45) is 6.29. The normalized spacial score (nSPS) is 15.5. The van der Waals surface area contributed by atoms with Gasteiger partial charge in [-0.15, -0.1) is 0 Å². The van der Waals surface area contributed by atoms with Gasteiger partial charge in [0.1, 0.15) is 0 Å². The number of carbonyl (C=O) groups is 1. The summed E-state index contributed by atoms with van der Waals surface area (Å²) < 4.78 is 0. The highest BCUT2D eigenvalue weighted by Crippen LogP contribution is 2.36. The summed E-state index contributed by atoms with van der Waals surface area (Å²) in [5.74, 6) is 0.559. The molecule has 0 spiro atoms. The van der Waals surface area contributed by atoms with Crippen LogP contribution in [0.5, 0.6) is 0 Å². The molecule has 0 unspecified atom stereocenters. The molecular formula is C20H23NO. The number of nitrogens with one attached hydrogen (secondary N) is 1. The first-order chi connectivity index (χ1) is 10.8. The molecule has 1 amide bonds. The number of hydrogen-bond acceptors (Lipinski definition) is 1. The predicted octanol–water partition coefficient (Wildman–Crippen LogP) is 4.76. The second-order valence-corrected chi connectivity index (χ2v) is 6.08. The summed E-state index contributed by atoms with van der Waals surface area (Å²) in [6.45, 7) is 0. The second-order valence-electron chi connectivity index (χ2n) is 6.08. The number of carbonyl (C=O) groups excluding carboxylic acids is 1. The van der Waals surface area contributed by atoms with E-state index in [1.807, 2.05) is 18.2 Å². The highest BCUT2D eigenvalue weighted by molar-refractivity contribution is 5.97. The molecule has 1 aliphatic carbocycles. The Balaban J connectivity index is 2.01. The zero-order valence-corrected chi connectivity index (χ0v) is 13.1. The van der Waals surface area contributed by atoms with E-state index in [4.69, 9.17) is 0 Å². The van der Waals surface area contributed by atoms with Crippen LogP contribution in [0.3, 0.4) is 0 Å². The van der Waals surface area contributed by atoms with Crippen LogP contribution in [-0.2, 0) is 0 Å². The maximum Gasteiger partial charge on any atom is 0.251 e. The summed E-state index contributed by atoms with van der Waals surface area (Å²) in [7, 11) is 1.71. The molecule has 3 rings (SSSR count). The highest BCUT2D eigenvalue weighted by Gasteiger charge is 2.21. The Morgan fingerprint density at radius 1 is 0.955 bits per heavy atom. The quantitative estimate of drug-likeness (QED) is 0.868. The number of hydrogen-bond donors (Lipinski definition) is 1. The van der Waals surface area contributed by atoms with Crippen molar-refractivity contribution in [3.63, 3.8) is 0 Å². The topological polar surface area (TPSA) is 29.1 Å². The third-order valence-corrected chi connectivity index (χ3v) is 4.68. The fourth-order valence-electron chi connectivity index (χ4n) is 3.47. The van der Waals surface area contributed by atoms with Gasteiger partial charge < -0.3 is 5.32 Å². The molecule has 0 bridgehead atoms. The maximum absolute atomic E-state index is 12.3. The van der Waals surface area contributed by atoms with Crippen LogP contribution in [0, 0.1) is 0 Å². The van der Waals surface area contributed by atoms with Crippen molar-refractivity contribution in [1.29, 1.82) is 0 Å². The van der Waals surface area contributed by atoms with Crippen LogP contribution in [0.15, 0.2) is 48.5 Å². The molecule has 22 heavy (non-hydrogen) atoms. The molecule has 0 radical (unpaired) electrons. The van der Waals surface area contributed by atoms with E-state index in [0.29, 0.717) is 5.92 Å². The third-order valence-electron chi connectivity index (χ3n) is 4.68. The van der Waals surface area contributed by atoms with E-state index in [1.54, 1.807) is 7.05 Å². The average molecular weight is 293 g/mol. The molecule has 1 aliphatic rings. The van der Waals surface area contributed by atoms with E-state index < -0.39 is 0 Å². The molecule has 2 aromatic rings. The van der Waals surface area contributed by atoms with Gasteiger partial charge in [0.25, 0.3) is 5.91 Å². The zero-order valence-electron chi connectivity index (χ0n) is 13.1. The molecule has 1 fully saturated rings. The first-order valence-corrected chi connectivity index (χ1v) is 8.21. The second kappa shape index (κ2) is 6.78. The van der Waals surface area contributed by atoms with E-state index in [1.165, 1.54) is 37.7 Å². The van der Waals surface area contributed by atoms with Crippen molar-refractivity contribution < 1.29 is 4.79 Å². The molecule has 0 aromatic heterocycles. The lowest BCUT2D eigenvalue weighted by Gasteiger charge is -2.24. The summed E-state index contributed by atoms with van der Waals surface area (Å²) in [5.41, 5.74) is 4.33. The standard InChI is InChI=1S/C20H23NO/c1-21-20(22)19-14-17(15-8-4-2-5-9-15)12-13-18(19)16-10-6-3-7-11-16/h2,4-5,8-9,12-14,16H,3,6-7,10-11H2,1H3,(H,21,22). The molecule has 2 heteroatoms. The number of rotatable bonds is 3. The largest absolute Gasteiger partial charge is 0.355 e. The van der Waals surface area contributed by atoms with Crippen molar-refractivity contribution in [1.82, 2.24) is 5.32 Å². The molecule has 2 nitrogen and oxygen atoms in total. The van der Waals surface area contributed by atoms with E-state index >= 15 is 0 Å². The molecule has 114 valence electrons. The molecule has 2 aromatic carbocycles. The van der Waals surface area contributed by atoms with E-state index in [2.05, 4.69) is 35.6 Å². The van der Waals surface area contributed by atoms with Crippen LogP contribution in [0.4, 0.5) is 0 Å². The molecule has 0 heterocycles. The Morgan fingerprint density at radius 2 is 1.68 bits per heavy atom. The average Bonchev–Trinajstić information content (AvgIpc) is 2.62. The van der Waals surface area contributed by atoms with Gasteiger partial charge in [0.15, 0.2) is 0 Å². The lowest BCUT2D eigenvalue weighted by Crippen LogP contribution is -2.21. The highest BCUT2D eigenvalue weighted by atomic mass is 16.1. The maximum atomic E-state index is 12.3. The van der Waals surface area contributed by atoms with Crippen LogP contribution < -0.4 is 5.32 Å². The van der Waals surface area contributed by atoms with Gasteiger partial charge in [0, 0.05) is 12.6 Å². The molecule has 0 aliphatic heterocycles. The lowest BCUT2D eigenvalue weighted by atomic mass is 9.81. The van der Waals surface area contributed by atoms with Crippen molar-refractivity contribution in [2.75, 3.05) is 7.05 Å². The van der Waals surface area contributed by atoms with Crippen LogP contribution in [0.1, 0.15) is 53.9 Å². The van der Waals surface area contributed by atoms with Crippen LogP contribution >= 0.6 is 0 Å². The Kier molecular flexibility index (Phi) is 4.57. The third kappa shape index (κ3) is 3.06. The van der Waals surface area contributed by atoms with Gasteiger partial charge in [-0.05, 0) is 41.5 Å². The van der Waals surface area contributed by atoms with E-state index in [-0.39, 0.29) is 5.91 Å². The molecule has 0 saturated heterocycles. The van der Waals surface area contributed by atoms with Crippen molar-refractivity contribution in [3.05, 3.63) is 59.7 Å². The Morgan fingerprint density at radius 3 is 2.36 bits per heavy atom. The van der Waals surface area contributed by atoms with Crippen molar-refractivity contribution in [3.8, 4) is 11.1 Å². The van der Waals surface area contributed by atoms with Gasteiger partial charge >= 0.3 is 0 Å². The minimum atomic E-state index is 0.0263. The minimum absolute atomic E-state index is 0.0263. The predicted molar refractivity (Wildman–Crippen MR) is 91.1 cm³/mol. The van der Waals surface area contributed by atoms with Gasteiger partial charge in [-0.25, -0.2) is 0 Å². The summed E-state index contributed by atoms with van der Waals surface area (Å²) in [6, 6.07) is 16.6. The lowest BCUT2D eigenvalue weighted by molar-refractivity contribution is 0.0961. The molecule has 1 saturated carbocycles. The summed E-state index contributed by atoms with van der Waals surface area (Å²) >= 11 is 0. The van der Waals surface area contributed by atoms with Crippen molar-refractivity contribution in [2.45, 2.75) is 38.0 Å². The SMILES string of the molecule is CNC(=O)c1cc(-c2ccccc2)ccc1C1CCCCC1. The first kappa shape index (κ1) is 14.8. The minimum Gasteiger partial charge on any atom is -0.355 e. The number of amides is 1. The van der Waals surface area contributed by atoms with Crippen LogP contribution in [-0.4, -0.2) is 13.0 Å². The van der Waals surface area contributed by atoms with Gasteiger partial charge in [0.2, 0.25) is 0 Å². The summed E-state index contributed by atoms with van der Waals surface area (Å²) in [5, 5.41) is 2.80. The molecular weight excluding hydrogens is 270 g/mol. The van der Waals surface area contributed by atoms with Crippen molar-refractivity contribution >= 4 is 5.91 Å². The Labute approximate surface area is 132 Å². The van der Waals surface area contributed by atoms with E-state index in [9.17, 15) is 4.79 Å². The fraction of sp³-hybridized carbons (Fsp3) is 0.350. The zero-order chi connectivity index (χ0) is 15.4. The van der Waals surface area contributed by atoms with Gasteiger partial charge in [0.05, 0.1) is 0 Å². The Bertz CT molecular complexity index is 642. The van der Waals surface area contributed by atoms with E-state index in [0.717, 1.165) is 16.7 Å². The smallest absolute Gasteiger partial charge is 0.251 e. The fourth-order valence-corrected chi connectivity index (χ4v) is 3.47. The molecule has 1 N–H and O–H groups in total. The summed E-state index contributed by atoms with van der Waals surface area (Å²) in [4.78, 5) is 12.3. The van der Waals surface area contributed by atoms with Crippen LogP contribution in [0.2, 0.25) is 0 Å². The van der Waals surface area contributed by atoms with Gasteiger partial charge in [-0.3, -0.25) is 4.79 Å². The Hall–Kier alpha value is -2.09. The first-order valence-electron chi connectivity index (χ1n) is 8.21. The van der Waals surface area contributed by atoms with Gasteiger partial charge in [-0.2, -0.15) is 0 Å². The van der Waals surface area contributed by atoms with Crippen molar-refractivity contribution in [2.24, 2.45) is 0 Å². The monoisotopic (exact) mass is 293 g/mol.